The summed E-state index contributed by atoms with van der Waals surface area (Å²) in [5.41, 5.74) is 0. The Morgan fingerprint density at radius 3 is 2.78 bits per heavy atom. The highest BCUT2D eigenvalue weighted by Gasteiger charge is 1.85. The summed E-state index contributed by atoms with van der Waals surface area (Å²) in [7, 11) is 0.632. The summed E-state index contributed by atoms with van der Waals surface area (Å²) < 4.78 is 5.05. The highest BCUT2D eigenvalue weighted by Crippen LogP contribution is 1.88. The smallest absolute Gasteiger partial charge is 0.0697 e. The number of ether oxygens (including phenoxy) is 1. The van der Waals surface area contributed by atoms with Gasteiger partial charge in [0.1, 0.15) is 0 Å². The van der Waals surface area contributed by atoms with E-state index in [9.17, 15) is 0 Å². The zero-order chi connectivity index (χ0) is 6.95. The van der Waals surface area contributed by atoms with E-state index >= 15 is 0 Å². The van der Waals surface area contributed by atoms with E-state index in [4.69, 9.17) is 9.84 Å². The molecule has 1 radical (unpaired) electrons. The van der Waals surface area contributed by atoms with Gasteiger partial charge in [0, 0.05) is 16.1 Å². The van der Waals surface area contributed by atoms with Crippen molar-refractivity contribution in [2.24, 2.45) is 0 Å². The summed E-state index contributed by atoms with van der Waals surface area (Å²) in [5.74, 6) is 0. The van der Waals surface area contributed by atoms with Gasteiger partial charge in [-0.1, -0.05) is 12.6 Å². The maximum atomic E-state index is 8.30. The second kappa shape index (κ2) is 8.14. The molecule has 1 N–H and O–H groups in total. The minimum atomic E-state index is 0.152. The largest absolute Gasteiger partial charge is 0.394 e. The number of aliphatic hydroxyl groups is 1. The molecule has 0 aromatic rings. The molecule has 0 aliphatic heterocycles. The molecule has 0 saturated carbocycles. The van der Waals surface area contributed by atoms with Crippen LogP contribution in [0.2, 0.25) is 12.6 Å². The van der Waals surface area contributed by atoms with Crippen LogP contribution in [-0.2, 0) is 4.74 Å². The van der Waals surface area contributed by atoms with E-state index in [-0.39, 0.29) is 6.61 Å². The first-order chi connectivity index (χ1) is 4.41. The molecule has 55 valence electrons. The molecule has 0 bridgehead atoms. The molecule has 0 amide bonds. The predicted molar refractivity (Wildman–Crippen MR) is 40.3 cm³/mol. The van der Waals surface area contributed by atoms with Crippen molar-refractivity contribution in [1.82, 2.24) is 0 Å². The van der Waals surface area contributed by atoms with E-state index in [1.165, 1.54) is 6.04 Å². The highest BCUT2D eigenvalue weighted by molar-refractivity contribution is 6.33. The lowest BCUT2D eigenvalue weighted by molar-refractivity contribution is 0.0928. The van der Waals surface area contributed by atoms with Crippen molar-refractivity contribution in [2.75, 3.05) is 19.8 Å². The Kier molecular flexibility index (Phi) is 8.26. The van der Waals surface area contributed by atoms with Crippen LogP contribution in [0.4, 0.5) is 0 Å². The fraction of sp³-hybridized carbons (Fsp3) is 1.00. The Hall–Kier alpha value is 0.137. The maximum Gasteiger partial charge on any atom is 0.0697 e. The minimum Gasteiger partial charge on any atom is -0.394 e. The number of hydrogen-bond acceptors (Lipinski definition) is 2. The van der Waals surface area contributed by atoms with Crippen LogP contribution in [0, 0.1) is 0 Å². The van der Waals surface area contributed by atoms with Crippen LogP contribution in [0.25, 0.3) is 0 Å². The van der Waals surface area contributed by atoms with Gasteiger partial charge >= 0.3 is 0 Å². The topological polar surface area (TPSA) is 29.5 Å². The van der Waals surface area contributed by atoms with Crippen LogP contribution < -0.4 is 0 Å². The predicted octanol–water partition coefficient (Wildman–Crippen LogP) is 0.288. The molecule has 0 aromatic carbocycles. The van der Waals surface area contributed by atoms with Gasteiger partial charge in [0.05, 0.1) is 13.2 Å². The van der Waals surface area contributed by atoms with Gasteiger partial charge in [0.2, 0.25) is 0 Å². The molecule has 0 saturated heterocycles. The molecule has 0 unspecified atom stereocenters. The first-order valence-electron chi connectivity index (χ1n) is 3.38. The van der Waals surface area contributed by atoms with Crippen molar-refractivity contribution in [1.29, 1.82) is 0 Å². The van der Waals surface area contributed by atoms with Gasteiger partial charge in [-0.2, -0.15) is 0 Å². The van der Waals surface area contributed by atoms with Crippen molar-refractivity contribution in [3.63, 3.8) is 0 Å². The standard InChI is InChI=1S/C6H15O2Si/c1-9-6-2-4-8-5-3-7/h7,9H,2-6H2,1H3. The van der Waals surface area contributed by atoms with E-state index in [0.29, 0.717) is 16.1 Å². The van der Waals surface area contributed by atoms with Gasteiger partial charge in [0.15, 0.2) is 0 Å². The monoisotopic (exact) mass is 147 g/mol. The third kappa shape index (κ3) is 8.14. The van der Waals surface area contributed by atoms with Gasteiger partial charge < -0.3 is 9.84 Å². The summed E-state index contributed by atoms with van der Waals surface area (Å²) in [6, 6.07) is 1.31. The number of rotatable bonds is 6. The van der Waals surface area contributed by atoms with Crippen molar-refractivity contribution in [3.8, 4) is 0 Å². The highest BCUT2D eigenvalue weighted by atomic mass is 28.2. The Balaban J connectivity index is 2.60. The lowest BCUT2D eigenvalue weighted by atomic mass is 10.5. The molecular weight excluding hydrogens is 132 g/mol. The van der Waals surface area contributed by atoms with Crippen molar-refractivity contribution in [3.05, 3.63) is 0 Å². The van der Waals surface area contributed by atoms with Crippen LogP contribution in [0.3, 0.4) is 0 Å². The molecule has 0 heterocycles. The summed E-state index contributed by atoms with van der Waals surface area (Å²) in [6.45, 7) is 3.71. The zero-order valence-electron chi connectivity index (χ0n) is 5.97. The van der Waals surface area contributed by atoms with E-state index < -0.39 is 0 Å². The van der Waals surface area contributed by atoms with Crippen LogP contribution in [0.5, 0.6) is 0 Å². The molecule has 0 aliphatic carbocycles. The van der Waals surface area contributed by atoms with E-state index in [1.54, 1.807) is 0 Å². The lowest BCUT2D eigenvalue weighted by Gasteiger charge is -1.98. The molecular formula is C6H15O2Si. The Labute approximate surface area is 59.0 Å². The fourth-order valence-corrected chi connectivity index (χ4v) is 1.13. The van der Waals surface area contributed by atoms with Crippen molar-refractivity contribution < 1.29 is 9.84 Å². The lowest BCUT2D eigenvalue weighted by Crippen LogP contribution is -2.00. The minimum absolute atomic E-state index is 0.152. The van der Waals surface area contributed by atoms with Crippen molar-refractivity contribution >= 4 is 9.52 Å². The molecule has 0 fully saturated rings. The van der Waals surface area contributed by atoms with Gasteiger partial charge in [-0.3, -0.25) is 0 Å². The summed E-state index contributed by atoms with van der Waals surface area (Å²) in [6.07, 6.45) is 1.16. The average Bonchev–Trinajstić information content (AvgIpc) is 1.89. The van der Waals surface area contributed by atoms with Crippen LogP contribution in [0.15, 0.2) is 0 Å². The van der Waals surface area contributed by atoms with Crippen LogP contribution in [0.1, 0.15) is 6.42 Å². The average molecular weight is 147 g/mol. The molecule has 0 aromatic heterocycles. The van der Waals surface area contributed by atoms with Crippen molar-refractivity contribution in [2.45, 2.75) is 19.0 Å². The Morgan fingerprint density at radius 2 is 2.22 bits per heavy atom. The van der Waals surface area contributed by atoms with Crippen LogP contribution >= 0.6 is 0 Å². The molecule has 0 rings (SSSR count). The van der Waals surface area contributed by atoms with Gasteiger partial charge in [-0.05, 0) is 6.42 Å². The second-order valence-electron chi connectivity index (χ2n) is 1.89. The molecule has 3 heteroatoms. The molecule has 0 atom stereocenters. The molecule has 2 nitrogen and oxygen atoms in total. The Bertz CT molecular complexity index is 44.3. The number of aliphatic hydroxyl groups excluding tert-OH is 1. The molecule has 0 spiro atoms. The quantitative estimate of drug-likeness (QED) is 0.432. The fourth-order valence-electron chi connectivity index (χ4n) is 0.556. The van der Waals surface area contributed by atoms with E-state index in [1.807, 2.05) is 0 Å². The zero-order valence-corrected chi connectivity index (χ0v) is 7.12. The normalized spacial score (nSPS) is 10.0. The summed E-state index contributed by atoms with van der Waals surface area (Å²) in [4.78, 5) is 0. The SMILES string of the molecule is C[SiH]CCCOCCO. The molecule has 9 heavy (non-hydrogen) atoms. The summed E-state index contributed by atoms with van der Waals surface area (Å²) in [5, 5.41) is 8.30. The first kappa shape index (κ1) is 9.14. The van der Waals surface area contributed by atoms with Crippen LogP contribution in [-0.4, -0.2) is 34.4 Å². The second-order valence-corrected chi connectivity index (χ2v) is 3.28. The third-order valence-corrected chi connectivity index (χ3v) is 2.00. The molecule has 0 aliphatic rings. The van der Waals surface area contributed by atoms with E-state index in [0.717, 1.165) is 13.0 Å². The summed E-state index contributed by atoms with van der Waals surface area (Å²) >= 11 is 0. The Morgan fingerprint density at radius 1 is 1.44 bits per heavy atom. The van der Waals surface area contributed by atoms with Gasteiger partial charge in [-0.15, -0.1) is 0 Å². The first-order valence-corrected chi connectivity index (χ1v) is 5.35. The number of hydrogen-bond donors (Lipinski definition) is 1. The van der Waals surface area contributed by atoms with E-state index in [2.05, 4.69) is 6.55 Å². The third-order valence-electron chi connectivity index (χ3n) is 1.02. The maximum absolute atomic E-state index is 8.30. The van der Waals surface area contributed by atoms with Gasteiger partial charge in [0.25, 0.3) is 0 Å². The van der Waals surface area contributed by atoms with Gasteiger partial charge in [-0.25, -0.2) is 0 Å².